The van der Waals surface area contributed by atoms with Gasteiger partial charge < -0.3 is 20.1 Å². The zero-order valence-corrected chi connectivity index (χ0v) is 12.3. The van der Waals surface area contributed by atoms with Crippen molar-refractivity contribution in [1.29, 1.82) is 0 Å². The maximum Gasteiger partial charge on any atom is 0.488 e. The minimum atomic E-state index is -4.73. The summed E-state index contributed by atoms with van der Waals surface area (Å²) in [6.07, 6.45) is -5.92. The molecule has 0 saturated carbocycles. The Morgan fingerprint density at radius 2 is 1.68 bits per heavy atom. The van der Waals surface area contributed by atoms with Crippen LogP contribution in [-0.4, -0.2) is 35.0 Å². The van der Waals surface area contributed by atoms with E-state index in [2.05, 4.69) is 0 Å². The van der Waals surface area contributed by atoms with E-state index in [1.54, 1.807) is 5.32 Å². The molecule has 0 bridgehead atoms. The van der Waals surface area contributed by atoms with E-state index in [0.29, 0.717) is 0 Å². The van der Waals surface area contributed by atoms with Gasteiger partial charge in [-0.3, -0.25) is 0 Å². The first-order valence-electron chi connectivity index (χ1n) is 6.42. The maximum atomic E-state index is 13.1. The first-order valence-corrected chi connectivity index (χ1v) is 6.42. The van der Waals surface area contributed by atoms with Crippen LogP contribution in [0.3, 0.4) is 0 Å². The van der Waals surface area contributed by atoms with Crippen LogP contribution in [-0.2, 0) is 4.74 Å². The summed E-state index contributed by atoms with van der Waals surface area (Å²) in [6, 6.07) is 2.13. The number of alkyl carbamates (subject to hydrolysis) is 1. The average Bonchev–Trinajstić information content (AvgIpc) is 2.32. The van der Waals surface area contributed by atoms with E-state index in [0.717, 1.165) is 24.3 Å². The summed E-state index contributed by atoms with van der Waals surface area (Å²) in [5.74, 6) is 0. The second-order valence-corrected chi connectivity index (χ2v) is 5.66. The lowest BCUT2D eigenvalue weighted by Gasteiger charge is -2.25. The highest BCUT2D eigenvalue weighted by molar-refractivity contribution is 6.58. The molecule has 22 heavy (non-hydrogen) atoms. The normalized spacial score (nSPS) is 13.5. The van der Waals surface area contributed by atoms with Gasteiger partial charge in [-0.25, -0.2) is 4.79 Å². The molecule has 5 nitrogen and oxygen atoms in total. The molecular formula is C13H17BF3NO4. The predicted molar refractivity (Wildman–Crippen MR) is 74.4 cm³/mol. The summed E-state index contributed by atoms with van der Waals surface area (Å²) in [7, 11) is -1.78. The molecule has 3 N–H and O–H groups in total. The van der Waals surface area contributed by atoms with Crippen LogP contribution >= 0.6 is 0 Å². The lowest BCUT2D eigenvalue weighted by Crippen LogP contribution is -2.41. The summed E-state index contributed by atoms with van der Waals surface area (Å²) in [6.45, 7) is 4.60. The number of halogens is 3. The van der Waals surface area contributed by atoms with Crippen LogP contribution in [0.2, 0.25) is 0 Å². The molecular weight excluding hydrogens is 302 g/mol. The van der Waals surface area contributed by atoms with Crippen molar-refractivity contribution in [2.75, 3.05) is 0 Å². The largest absolute Gasteiger partial charge is 0.488 e. The molecule has 1 amide bonds. The van der Waals surface area contributed by atoms with Gasteiger partial charge >= 0.3 is 19.4 Å². The number of ether oxygens (including phenoxy) is 1. The third kappa shape index (κ3) is 5.57. The van der Waals surface area contributed by atoms with Gasteiger partial charge in [0.05, 0.1) is 0 Å². The Morgan fingerprint density at radius 3 is 2.05 bits per heavy atom. The molecule has 1 atom stereocenters. The van der Waals surface area contributed by atoms with E-state index in [1.807, 2.05) is 0 Å². The van der Waals surface area contributed by atoms with Crippen molar-refractivity contribution in [2.45, 2.75) is 38.6 Å². The van der Waals surface area contributed by atoms with Gasteiger partial charge in [0.2, 0.25) is 0 Å². The van der Waals surface area contributed by atoms with Gasteiger partial charge in [-0.2, -0.15) is 13.2 Å². The lowest BCUT2D eigenvalue weighted by molar-refractivity contribution is -0.156. The van der Waals surface area contributed by atoms with E-state index < -0.39 is 31.0 Å². The van der Waals surface area contributed by atoms with Gasteiger partial charge in [0, 0.05) is 0 Å². The number of rotatable bonds is 3. The van der Waals surface area contributed by atoms with Crippen LogP contribution in [0.5, 0.6) is 0 Å². The molecule has 0 fully saturated rings. The van der Waals surface area contributed by atoms with Gasteiger partial charge in [0.25, 0.3) is 0 Å². The number of carbonyl (C=O) groups is 1. The number of nitrogens with one attached hydrogen (secondary N) is 1. The molecule has 0 heterocycles. The fraction of sp³-hybridized carbons (Fsp3) is 0.462. The predicted octanol–water partition coefficient (Wildman–Crippen LogP) is 1.49. The smallest absolute Gasteiger partial charge is 0.444 e. The van der Waals surface area contributed by atoms with Crippen molar-refractivity contribution in [1.82, 2.24) is 5.32 Å². The standard InChI is InChI=1S/C13H17BF3NO4/c1-12(2,3)22-11(19)18-10(13(15,16)17)8-4-6-9(7-5-8)14(20)21/h4-7,10,20-21H,1-3H3,(H,18,19). The van der Waals surface area contributed by atoms with Gasteiger partial charge in [0.15, 0.2) is 6.04 Å². The fourth-order valence-electron chi connectivity index (χ4n) is 1.64. The van der Waals surface area contributed by atoms with Crippen molar-refractivity contribution in [3.05, 3.63) is 29.8 Å². The summed E-state index contributed by atoms with van der Waals surface area (Å²) in [4.78, 5) is 11.6. The van der Waals surface area contributed by atoms with Gasteiger partial charge in [-0.15, -0.1) is 0 Å². The van der Waals surface area contributed by atoms with Crippen molar-refractivity contribution < 1.29 is 32.8 Å². The first-order chi connectivity index (χ1) is 9.90. The molecule has 0 spiro atoms. The molecule has 1 unspecified atom stereocenters. The maximum absolute atomic E-state index is 13.1. The Morgan fingerprint density at radius 1 is 1.18 bits per heavy atom. The Kier molecular flexibility index (Phi) is 5.47. The topological polar surface area (TPSA) is 78.8 Å². The first kappa shape index (κ1) is 18.3. The molecule has 1 aromatic carbocycles. The summed E-state index contributed by atoms with van der Waals surface area (Å²) >= 11 is 0. The van der Waals surface area contributed by atoms with Gasteiger partial charge in [-0.05, 0) is 31.8 Å². The third-order valence-corrected chi connectivity index (χ3v) is 2.56. The molecule has 0 aromatic heterocycles. The minimum absolute atomic E-state index is 0.0435. The molecule has 1 aromatic rings. The molecule has 0 radical (unpaired) electrons. The molecule has 122 valence electrons. The average molecular weight is 319 g/mol. The van der Waals surface area contributed by atoms with E-state index >= 15 is 0 Å². The third-order valence-electron chi connectivity index (χ3n) is 2.56. The quantitative estimate of drug-likeness (QED) is 0.738. The van der Waals surface area contributed by atoms with Crippen LogP contribution in [0.1, 0.15) is 32.4 Å². The Bertz CT molecular complexity index is 512. The van der Waals surface area contributed by atoms with Crippen LogP contribution in [0.4, 0.5) is 18.0 Å². The van der Waals surface area contributed by atoms with Gasteiger partial charge in [0.1, 0.15) is 5.60 Å². The van der Waals surface area contributed by atoms with Crippen LogP contribution in [0, 0.1) is 0 Å². The number of alkyl halides is 3. The summed E-state index contributed by atoms with van der Waals surface area (Å²) in [5.41, 5.74) is -1.13. The van der Waals surface area contributed by atoms with Crippen molar-refractivity contribution in [3.63, 3.8) is 0 Å². The van der Waals surface area contributed by atoms with Crippen molar-refractivity contribution >= 4 is 18.7 Å². The zero-order valence-electron chi connectivity index (χ0n) is 12.3. The van der Waals surface area contributed by atoms with E-state index in [-0.39, 0.29) is 11.0 Å². The van der Waals surface area contributed by atoms with Crippen LogP contribution < -0.4 is 10.8 Å². The number of amides is 1. The second-order valence-electron chi connectivity index (χ2n) is 5.66. The Hall–Kier alpha value is -1.74. The van der Waals surface area contributed by atoms with Crippen molar-refractivity contribution in [2.24, 2.45) is 0 Å². The van der Waals surface area contributed by atoms with Crippen LogP contribution in [0.25, 0.3) is 0 Å². The molecule has 1 rings (SSSR count). The highest BCUT2D eigenvalue weighted by atomic mass is 19.4. The van der Waals surface area contributed by atoms with Crippen LogP contribution in [0.15, 0.2) is 24.3 Å². The minimum Gasteiger partial charge on any atom is -0.444 e. The number of hydrogen-bond donors (Lipinski definition) is 3. The second kappa shape index (κ2) is 6.57. The molecule has 0 saturated heterocycles. The van der Waals surface area contributed by atoms with E-state index in [9.17, 15) is 18.0 Å². The Balaban J connectivity index is 2.97. The Labute approximate surface area is 126 Å². The highest BCUT2D eigenvalue weighted by Crippen LogP contribution is 2.32. The number of carbonyl (C=O) groups excluding carboxylic acids is 1. The van der Waals surface area contributed by atoms with E-state index in [1.165, 1.54) is 20.8 Å². The van der Waals surface area contributed by atoms with Crippen molar-refractivity contribution in [3.8, 4) is 0 Å². The van der Waals surface area contributed by atoms with Gasteiger partial charge in [-0.1, -0.05) is 24.3 Å². The molecule has 0 aliphatic carbocycles. The lowest BCUT2D eigenvalue weighted by atomic mass is 9.80. The number of benzene rings is 1. The fourth-order valence-corrected chi connectivity index (χ4v) is 1.64. The molecule has 9 heteroatoms. The monoisotopic (exact) mass is 319 g/mol. The molecule has 0 aliphatic rings. The van der Waals surface area contributed by atoms with E-state index in [4.69, 9.17) is 14.8 Å². The SMILES string of the molecule is CC(C)(C)OC(=O)NC(c1ccc(B(O)O)cc1)C(F)(F)F. The highest BCUT2D eigenvalue weighted by Gasteiger charge is 2.42. The number of hydrogen-bond acceptors (Lipinski definition) is 4. The molecule has 0 aliphatic heterocycles. The zero-order chi connectivity index (χ0) is 17.1. The summed E-state index contributed by atoms with van der Waals surface area (Å²) in [5, 5.41) is 19.6. The summed E-state index contributed by atoms with van der Waals surface area (Å²) < 4.78 is 44.1.